The van der Waals surface area contributed by atoms with E-state index in [4.69, 9.17) is 5.73 Å². The van der Waals surface area contributed by atoms with Gasteiger partial charge in [-0.2, -0.15) is 0 Å². The molecule has 68 valence electrons. The number of Topliss-reactive ketones (excluding diaryl/α,β-unsaturated/α-hetero) is 1. The molecule has 0 aromatic carbocycles. The summed E-state index contributed by atoms with van der Waals surface area (Å²) < 4.78 is 0. The largest absolute Gasteiger partial charge is 0.366 e. The Balaban J connectivity index is 4.18. The second kappa shape index (κ2) is 4.70. The van der Waals surface area contributed by atoms with Crippen LogP contribution < -0.4 is 5.73 Å². The first-order chi connectivity index (χ1) is 5.45. The van der Waals surface area contributed by atoms with Gasteiger partial charge in [0.05, 0.1) is 0 Å². The summed E-state index contributed by atoms with van der Waals surface area (Å²) in [6.07, 6.45) is 1.11. The SMILES string of the molecule is CC(=O)CC/C(C)=C(/C)C(N)=O. The van der Waals surface area contributed by atoms with Crippen LogP contribution in [0.3, 0.4) is 0 Å². The number of allylic oxidation sites excluding steroid dienone is 1. The molecule has 0 fully saturated rings. The lowest BCUT2D eigenvalue weighted by Gasteiger charge is -2.02. The van der Waals surface area contributed by atoms with Gasteiger partial charge in [-0.15, -0.1) is 0 Å². The van der Waals surface area contributed by atoms with Gasteiger partial charge >= 0.3 is 0 Å². The molecule has 0 aromatic rings. The number of nitrogens with two attached hydrogens (primary N) is 1. The van der Waals surface area contributed by atoms with Gasteiger partial charge in [-0.25, -0.2) is 0 Å². The zero-order valence-electron chi connectivity index (χ0n) is 7.81. The van der Waals surface area contributed by atoms with Gasteiger partial charge in [0.25, 0.3) is 0 Å². The summed E-state index contributed by atoms with van der Waals surface area (Å²) in [6, 6.07) is 0. The van der Waals surface area contributed by atoms with Crippen molar-refractivity contribution in [2.75, 3.05) is 0 Å². The predicted octanol–water partition coefficient (Wildman–Crippen LogP) is 1.18. The molecule has 0 heterocycles. The number of carbonyl (C=O) groups is 2. The molecular weight excluding hydrogens is 154 g/mol. The second-order valence-corrected chi connectivity index (χ2v) is 2.97. The van der Waals surface area contributed by atoms with Crippen LogP contribution in [0.4, 0.5) is 0 Å². The number of hydrogen-bond acceptors (Lipinski definition) is 2. The van der Waals surface area contributed by atoms with Crippen LogP contribution in [-0.2, 0) is 9.59 Å². The Morgan fingerprint density at radius 3 is 1.92 bits per heavy atom. The van der Waals surface area contributed by atoms with Crippen molar-refractivity contribution in [2.24, 2.45) is 5.73 Å². The number of carbonyl (C=O) groups excluding carboxylic acids is 2. The van der Waals surface area contributed by atoms with Crippen molar-refractivity contribution in [1.29, 1.82) is 0 Å². The quantitative estimate of drug-likeness (QED) is 0.642. The molecule has 1 amide bonds. The third-order valence-corrected chi connectivity index (χ3v) is 1.86. The van der Waals surface area contributed by atoms with Crippen molar-refractivity contribution in [3.63, 3.8) is 0 Å². The number of primary amides is 1. The number of rotatable bonds is 4. The topological polar surface area (TPSA) is 60.2 Å². The Morgan fingerprint density at radius 1 is 1.08 bits per heavy atom. The summed E-state index contributed by atoms with van der Waals surface area (Å²) in [6.45, 7) is 5.04. The van der Waals surface area contributed by atoms with Crippen molar-refractivity contribution in [2.45, 2.75) is 33.6 Å². The van der Waals surface area contributed by atoms with E-state index >= 15 is 0 Å². The fraction of sp³-hybridized carbons (Fsp3) is 0.556. The van der Waals surface area contributed by atoms with Crippen LogP contribution in [0.2, 0.25) is 0 Å². The molecule has 0 aliphatic carbocycles. The van der Waals surface area contributed by atoms with Crippen LogP contribution in [0.1, 0.15) is 33.6 Å². The molecule has 0 unspecified atom stereocenters. The first kappa shape index (κ1) is 10.9. The lowest BCUT2D eigenvalue weighted by atomic mass is 10.0. The van der Waals surface area contributed by atoms with Gasteiger partial charge in [0.15, 0.2) is 0 Å². The van der Waals surface area contributed by atoms with Gasteiger partial charge in [0.2, 0.25) is 5.91 Å². The van der Waals surface area contributed by atoms with E-state index in [0.29, 0.717) is 18.4 Å². The zero-order valence-corrected chi connectivity index (χ0v) is 7.81. The average Bonchev–Trinajstić information content (AvgIpc) is 1.98. The van der Waals surface area contributed by atoms with Crippen LogP contribution in [0.15, 0.2) is 11.1 Å². The van der Waals surface area contributed by atoms with E-state index in [-0.39, 0.29) is 5.78 Å². The first-order valence-corrected chi connectivity index (χ1v) is 3.90. The van der Waals surface area contributed by atoms with E-state index < -0.39 is 5.91 Å². The Labute approximate surface area is 72.6 Å². The maximum Gasteiger partial charge on any atom is 0.244 e. The molecule has 0 saturated carbocycles. The van der Waals surface area contributed by atoms with E-state index in [9.17, 15) is 9.59 Å². The highest BCUT2D eigenvalue weighted by molar-refractivity contribution is 5.92. The fourth-order valence-electron chi connectivity index (χ4n) is 0.761. The Kier molecular flexibility index (Phi) is 4.26. The lowest BCUT2D eigenvalue weighted by Crippen LogP contribution is -2.13. The van der Waals surface area contributed by atoms with Crippen molar-refractivity contribution in [3.05, 3.63) is 11.1 Å². The van der Waals surface area contributed by atoms with Gasteiger partial charge in [-0.05, 0) is 27.2 Å². The third-order valence-electron chi connectivity index (χ3n) is 1.86. The van der Waals surface area contributed by atoms with Gasteiger partial charge in [-0.3, -0.25) is 4.79 Å². The van der Waals surface area contributed by atoms with E-state index in [1.165, 1.54) is 6.92 Å². The maximum atomic E-state index is 10.7. The summed E-state index contributed by atoms with van der Waals surface area (Å²) in [4.78, 5) is 21.3. The van der Waals surface area contributed by atoms with Crippen LogP contribution in [-0.4, -0.2) is 11.7 Å². The number of amides is 1. The molecule has 0 saturated heterocycles. The maximum absolute atomic E-state index is 10.7. The van der Waals surface area contributed by atoms with Crippen LogP contribution >= 0.6 is 0 Å². The zero-order chi connectivity index (χ0) is 9.72. The van der Waals surface area contributed by atoms with Crippen LogP contribution in [0.5, 0.6) is 0 Å². The monoisotopic (exact) mass is 169 g/mol. The van der Waals surface area contributed by atoms with Crippen LogP contribution in [0.25, 0.3) is 0 Å². The highest BCUT2D eigenvalue weighted by Crippen LogP contribution is 2.09. The minimum atomic E-state index is -0.406. The summed E-state index contributed by atoms with van der Waals surface area (Å²) in [5, 5.41) is 0. The molecule has 0 radical (unpaired) electrons. The molecule has 0 aliphatic heterocycles. The Morgan fingerprint density at radius 2 is 1.58 bits per heavy atom. The highest BCUT2D eigenvalue weighted by Gasteiger charge is 2.03. The van der Waals surface area contributed by atoms with Crippen molar-refractivity contribution >= 4 is 11.7 Å². The highest BCUT2D eigenvalue weighted by atomic mass is 16.1. The minimum absolute atomic E-state index is 0.131. The molecule has 0 bridgehead atoms. The molecule has 2 N–H and O–H groups in total. The summed E-state index contributed by atoms with van der Waals surface area (Å²) >= 11 is 0. The average molecular weight is 169 g/mol. The van der Waals surface area contributed by atoms with E-state index in [1.807, 2.05) is 6.92 Å². The van der Waals surface area contributed by atoms with Crippen molar-refractivity contribution < 1.29 is 9.59 Å². The molecule has 0 aromatic heterocycles. The first-order valence-electron chi connectivity index (χ1n) is 3.90. The number of hydrogen-bond donors (Lipinski definition) is 1. The molecule has 0 rings (SSSR count). The molecule has 0 spiro atoms. The van der Waals surface area contributed by atoms with Crippen molar-refractivity contribution in [3.8, 4) is 0 Å². The number of ketones is 1. The molecule has 0 aliphatic rings. The van der Waals surface area contributed by atoms with E-state index in [1.54, 1.807) is 6.92 Å². The van der Waals surface area contributed by atoms with Gasteiger partial charge in [-0.1, -0.05) is 5.57 Å². The Hall–Kier alpha value is -1.12. The molecule has 12 heavy (non-hydrogen) atoms. The molecule has 3 heteroatoms. The lowest BCUT2D eigenvalue weighted by molar-refractivity contribution is -0.117. The second-order valence-electron chi connectivity index (χ2n) is 2.97. The van der Waals surface area contributed by atoms with Gasteiger partial charge in [0.1, 0.15) is 5.78 Å². The fourth-order valence-corrected chi connectivity index (χ4v) is 0.761. The smallest absolute Gasteiger partial charge is 0.244 e. The molecular formula is C9H15NO2. The van der Waals surface area contributed by atoms with Crippen molar-refractivity contribution in [1.82, 2.24) is 0 Å². The van der Waals surface area contributed by atoms with Gasteiger partial charge in [0, 0.05) is 12.0 Å². The molecule has 3 nitrogen and oxygen atoms in total. The Bertz CT molecular complexity index is 229. The van der Waals surface area contributed by atoms with E-state index in [0.717, 1.165) is 5.57 Å². The predicted molar refractivity (Wildman–Crippen MR) is 47.5 cm³/mol. The minimum Gasteiger partial charge on any atom is -0.366 e. The normalized spacial score (nSPS) is 12.2. The summed E-state index contributed by atoms with van der Waals surface area (Å²) in [7, 11) is 0. The van der Waals surface area contributed by atoms with Crippen LogP contribution in [0, 0.1) is 0 Å². The summed E-state index contributed by atoms with van der Waals surface area (Å²) in [5.74, 6) is -0.275. The van der Waals surface area contributed by atoms with Gasteiger partial charge < -0.3 is 10.5 Å². The summed E-state index contributed by atoms with van der Waals surface area (Å²) in [5.41, 5.74) is 6.53. The third kappa shape index (κ3) is 3.91. The molecule has 0 atom stereocenters. The van der Waals surface area contributed by atoms with E-state index in [2.05, 4.69) is 0 Å². The standard InChI is InChI=1S/C9H15NO2/c1-6(4-5-7(2)11)8(3)9(10)12/h4-5H2,1-3H3,(H2,10,12)/b8-6-.